The van der Waals surface area contributed by atoms with E-state index in [1.807, 2.05) is 0 Å². The summed E-state index contributed by atoms with van der Waals surface area (Å²) in [5.74, 6) is -4.16. The lowest BCUT2D eigenvalue weighted by Crippen LogP contribution is -2.08. The lowest BCUT2D eigenvalue weighted by molar-refractivity contribution is 0.0563. The number of hydrogen-bond donors (Lipinski definition) is 1. The molecule has 0 amide bonds. The number of hydrogen-bond acceptors (Lipinski definition) is 4. The molecule has 0 aliphatic heterocycles. The van der Waals surface area contributed by atoms with E-state index in [4.69, 9.17) is 4.42 Å². The molecule has 0 aliphatic rings. The minimum absolute atomic E-state index is 0.0548. The number of esters is 1. The van der Waals surface area contributed by atoms with Crippen LogP contribution in [0, 0.1) is 17.5 Å². The smallest absolute Gasteiger partial charge is 0.374 e. The molecule has 0 atom stereocenters. The SMILES string of the molecule is COC(=O)c1occc1CNc1cc(F)cc(F)c1F. The Kier molecular flexibility index (Phi) is 3.97. The van der Waals surface area contributed by atoms with Gasteiger partial charge in [-0.25, -0.2) is 18.0 Å². The number of furan rings is 1. The molecule has 20 heavy (non-hydrogen) atoms. The summed E-state index contributed by atoms with van der Waals surface area (Å²) in [7, 11) is 1.18. The van der Waals surface area contributed by atoms with Gasteiger partial charge in [-0.2, -0.15) is 0 Å². The highest BCUT2D eigenvalue weighted by Crippen LogP contribution is 2.21. The number of methoxy groups -OCH3 is 1. The number of nitrogens with one attached hydrogen (secondary N) is 1. The summed E-state index contributed by atoms with van der Waals surface area (Å²) in [4.78, 5) is 11.3. The number of anilines is 1. The number of halogens is 3. The van der Waals surface area contributed by atoms with Gasteiger partial charge in [0.2, 0.25) is 5.76 Å². The van der Waals surface area contributed by atoms with Gasteiger partial charge in [-0.05, 0) is 6.07 Å². The fourth-order valence-electron chi connectivity index (χ4n) is 1.62. The Labute approximate surface area is 112 Å². The summed E-state index contributed by atoms with van der Waals surface area (Å²) in [6.45, 7) is -0.0548. The molecule has 0 saturated heterocycles. The van der Waals surface area contributed by atoms with Crippen LogP contribution in [0.2, 0.25) is 0 Å². The number of ether oxygens (including phenoxy) is 1. The molecule has 4 nitrogen and oxygen atoms in total. The van der Waals surface area contributed by atoms with Gasteiger partial charge in [0.15, 0.2) is 11.6 Å². The van der Waals surface area contributed by atoms with Crippen molar-refractivity contribution >= 4 is 11.7 Å². The summed E-state index contributed by atoms with van der Waals surface area (Å²) in [6, 6.07) is 2.72. The van der Waals surface area contributed by atoms with E-state index >= 15 is 0 Å². The van der Waals surface area contributed by atoms with Crippen LogP contribution in [-0.4, -0.2) is 13.1 Å². The maximum absolute atomic E-state index is 13.4. The normalized spacial score (nSPS) is 10.4. The van der Waals surface area contributed by atoms with Gasteiger partial charge >= 0.3 is 5.97 Å². The molecule has 1 aromatic heterocycles. The summed E-state index contributed by atoms with van der Waals surface area (Å²) < 4.78 is 48.9. The van der Waals surface area contributed by atoms with Gasteiger partial charge in [-0.1, -0.05) is 0 Å². The molecule has 1 heterocycles. The summed E-state index contributed by atoms with van der Waals surface area (Å²) in [5.41, 5.74) is 0.0282. The van der Waals surface area contributed by atoms with Gasteiger partial charge in [0.05, 0.1) is 19.1 Å². The first-order chi connectivity index (χ1) is 9.52. The Hall–Kier alpha value is -2.44. The van der Waals surface area contributed by atoms with Crippen molar-refractivity contribution in [1.82, 2.24) is 0 Å². The van der Waals surface area contributed by atoms with Crippen LogP contribution in [0.1, 0.15) is 16.1 Å². The zero-order valence-corrected chi connectivity index (χ0v) is 10.4. The topological polar surface area (TPSA) is 51.5 Å². The van der Waals surface area contributed by atoms with Gasteiger partial charge in [0.25, 0.3) is 0 Å². The average molecular weight is 285 g/mol. The fourth-order valence-corrected chi connectivity index (χ4v) is 1.62. The number of rotatable bonds is 4. The third-order valence-electron chi connectivity index (χ3n) is 2.58. The Morgan fingerprint density at radius 2 is 2.10 bits per heavy atom. The highest BCUT2D eigenvalue weighted by atomic mass is 19.2. The largest absolute Gasteiger partial charge is 0.463 e. The zero-order valence-electron chi connectivity index (χ0n) is 10.4. The first-order valence-electron chi connectivity index (χ1n) is 5.56. The Balaban J connectivity index is 2.18. The summed E-state index contributed by atoms with van der Waals surface area (Å²) in [5, 5.41) is 2.49. The Bertz CT molecular complexity index is 640. The summed E-state index contributed by atoms with van der Waals surface area (Å²) in [6.07, 6.45) is 1.26. The van der Waals surface area contributed by atoms with Crippen LogP contribution in [0.5, 0.6) is 0 Å². The van der Waals surface area contributed by atoms with E-state index < -0.39 is 23.4 Å². The molecule has 1 N–H and O–H groups in total. The highest BCUT2D eigenvalue weighted by Gasteiger charge is 2.17. The van der Waals surface area contributed by atoms with Crippen LogP contribution >= 0.6 is 0 Å². The standard InChI is InChI=1S/C13H10F3NO3/c1-19-13(18)12-7(2-3-20-12)6-17-10-5-8(14)4-9(15)11(10)16/h2-5,17H,6H2,1H3. The van der Waals surface area contributed by atoms with Crippen molar-refractivity contribution in [2.45, 2.75) is 6.54 Å². The molecule has 2 aromatic rings. The summed E-state index contributed by atoms with van der Waals surface area (Å²) >= 11 is 0. The molecule has 106 valence electrons. The molecule has 2 rings (SSSR count). The molecule has 0 saturated carbocycles. The number of carbonyl (C=O) groups excluding carboxylic acids is 1. The van der Waals surface area contributed by atoms with Crippen molar-refractivity contribution in [2.75, 3.05) is 12.4 Å². The molecule has 0 fully saturated rings. The first kappa shape index (κ1) is 14.0. The van der Waals surface area contributed by atoms with Gasteiger partial charge < -0.3 is 14.5 Å². The zero-order chi connectivity index (χ0) is 14.7. The molecular formula is C13H10F3NO3. The number of benzene rings is 1. The third-order valence-corrected chi connectivity index (χ3v) is 2.58. The van der Waals surface area contributed by atoms with Crippen LogP contribution in [0.15, 0.2) is 28.9 Å². The molecule has 1 aromatic carbocycles. The molecular weight excluding hydrogens is 275 g/mol. The number of carbonyl (C=O) groups is 1. The van der Waals surface area contributed by atoms with E-state index in [0.717, 1.165) is 6.07 Å². The first-order valence-corrected chi connectivity index (χ1v) is 5.56. The minimum atomic E-state index is -1.30. The molecule has 0 spiro atoms. The molecule has 0 aliphatic carbocycles. The maximum atomic E-state index is 13.4. The van der Waals surface area contributed by atoms with E-state index in [1.54, 1.807) is 0 Å². The quantitative estimate of drug-likeness (QED) is 0.692. The molecule has 0 unspecified atom stereocenters. The van der Waals surface area contributed by atoms with E-state index in [0.29, 0.717) is 11.6 Å². The van der Waals surface area contributed by atoms with Crippen molar-refractivity contribution in [2.24, 2.45) is 0 Å². The predicted molar refractivity (Wildman–Crippen MR) is 63.7 cm³/mol. The lowest BCUT2D eigenvalue weighted by atomic mass is 10.2. The van der Waals surface area contributed by atoms with Crippen molar-refractivity contribution in [3.63, 3.8) is 0 Å². The van der Waals surface area contributed by atoms with Crippen molar-refractivity contribution in [3.8, 4) is 0 Å². The van der Waals surface area contributed by atoms with E-state index in [1.165, 1.54) is 19.4 Å². The van der Waals surface area contributed by atoms with Gasteiger partial charge in [0.1, 0.15) is 5.82 Å². The fraction of sp³-hybridized carbons (Fsp3) is 0.154. The van der Waals surface area contributed by atoms with Crippen molar-refractivity contribution in [3.05, 3.63) is 53.2 Å². The van der Waals surface area contributed by atoms with Gasteiger partial charge in [-0.15, -0.1) is 0 Å². The lowest BCUT2D eigenvalue weighted by Gasteiger charge is -2.08. The van der Waals surface area contributed by atoms with Crippen molar-refractivity contribution in [1.29, 1.82) is 0 Å². The van der Waals surface area contributed by atoms with Crippen LogP contribution < -0.4 is 5.32 Å². The Morgan fingerprint density at radius 3 is 2.80 bits per heavy atom. The van der Waals surface area contributed by atoms with Crippen LogP contribution in [0.4, 0.5) is 18.9 Å². The highest BCUT2D eigenvalue weighted by molar-refractivity contribution is 5.87. The van der Waals surface area contributed by atoms with Crippen molar-refractivity contribution < 1.29 is 27.1 Å². The van der Waals surface area contributed by atoms with E-state index in [2.05, 4.69) is 10.1 Å². The van der Waals surface area contributed by atoms with Crippen LogP contribution in [-0.2, 0) is 11.3 Å². The van der Waals surface area contributed by atoms with E-state index in [9.17, 15) is 18.0 Å². The van der Waals surface area contributed by atoms with E-state index in [-0.39, 0.29) is 18.0 Å². The third kappa shape index (κ3) is 2.76. The van der Waals surface area contributed by atoms with Gasteiger partial charge in [-0.3, -0.25) is 0 Å². The predicted octanol–water partition coefficient (Wildman–Crippen LogP) is 3.10. The monoisotopic (exact) mass is 285 g/mol. The molecule has 0 bridgehead atoms. The van der Waals surface area contributed by atoms with Crippen LogP contribution in [0.25, 0.3) is 0 Å². The average Bonchev–Trinajstić information content (AvgIpc) is 2.88. The Morgan fingerprint density at radius 1 is 1.35 bits per heavy atom. The van der Waals surface area contributed by atoms with Crippen LogP contribution in [0.3, 0.4) is 0 Å². The second-order valence-electron chi connectivity index (χ2n) is 3.87. The molecule has 0 radical (unpaired) electrons. The second-order valence-corrected chi connectivity index (χ2v) is 3.87. The maximum Gasteiger partial charge on any atom is 0.374 e. The molecule has 7 heteroatoms. The minimum Gasteiger partial charge on any atom is -0.463 e. The van der Waals surface area contributed by atoms with Gasteiger partial charge in [0, 0.05) is 24.2 Å². The second kappa shape index (κ2) is 5.68.